The molecule has 0 aromatic heterocycles. The van der Waals surface area contributed by atoms with E-state index in [1.165, 1.54) is 0 Å². The van der Waals surface area contributed by atoms with Crippen molar-refractivity contribution in [1.29, 1.82) is 0 Å². The first-order valence-electron chi connectivity index (χ1n) is 9.58. The molecule has 1 aliphatic heterocycles. The highest BCUT2D eigenvalue weighted by Crippen LogP contribution is 2.27. The van der Waals surface area contributed by atoms with Gasteiger partial charge in [0.05, 0.1) is 4.90 Å². The number of benzene rings is 1. The lowest BCUT2D eigenvalue weighted by atomic mass is 9.94. The maximum Gasteiger partial charge on any atom is 0.253 e. The van der Waals surface area contributed by atoms with Crippen LogP contribution in [0, 0.1) is 11.8 Å². The lowest BCUT2D eigenvalue weighted by Gasteiger charge is -2.34. The monoisotopic (exact) mass is 380 g/mol. The standard InChI is InChI=1S/C20H32N2O3S/c1-6-18(7-2)21(5)20(23)17-8-10-19(11-9-17)26(24,25)22-13-15(3)12-16(4)14-22/h8-11,15-16,18H,6-7,12-14H2,1-5H3. The van der Waals surface area contributed by atoms with Crippen molar-refractivity contribution in [3.05, 3.63) is 29.8 Å². The van der Waals surface area contributed by atoms with Gasteiger partial charge < -0.3 is 4.90 Å². The zero-order valence-electron chi connectivity index (χ0n) is 16.6. The maximum absolute atomic E-state index is 12.9. The van der Waals surface area contributed by atoms with Gasteiger partial charge in [-0.05, 0) is 55.4 Å². The van der Waals surface area contributed by atoms with Gasteiger partial charge in [0.25, 0.3) is 5.91 Å². The van der Waals surface area contributed by atoms with E-state index in [1.807, 2.05) is 0 Å². The molecule has 0 saturated carbocycles. The number of nitrogens with zero attached hydrogens (tertiary/aromatic N) is 2. The summed E-state index contributed by atoms with van der Waals surface area (Å²) in [6, 6.07) is 6.58. The van der Waals surface area contributed by atoms with E-state index in [1.54, 1.807) is 40.5 Å². The Bertz CT molecular complexity index is 701. The van der Waals surface area contributed by atoms with E-state index in [2.05, 4.69) is 27.7 Å². The molecule has 1 fully saturated rings. The average molecular weight is 381 g/mol. The number of sulfonamides is 1. The minimum Gasteiger partial charge on any atom is -0.339 e. The Morgan fingerprint density at radius 3 is 2.08 bits per heavy atom. The molecule has 2 rings (SSSR count). The molecule has 1 saturated heterocycles. The first-order valence-corrected chi connectivity index (χ1v) is 11.0. The summed E-state index contributed by atoms with van der Waals surface area (Å²) >= 11 is 0. The number of piperidine rings is 1. The fraction of sp³-hybridized carbons (Fsp3) is 0.650. The van der Waals surface area contributed by atoms with E-state index in [-0.39, 0.29) is 16.8 Å². The average Bonchev–Trinajstić information content (AvgIpc) is 2.61. The topological polar surface area (TPSA) is 57.7 Å². The van der Waals surface area contributed by atoms with Gasteiger partial charge in [0.15, 0.2) is 0 Å². The van der Waals surface area contributed by atoms with Gasteiger partial charge in [0, 0.05) is 31.7 Å². The Hall–Kier alpha value is -1.40. The summed E-state index contributed by atoms with van der Waals surface area (Å²) in [7, 11) is -1.70. The molecular weight excluding hydrogens is 348 g/mol. The molecule has 0 bridgehead atoms. The van der Waals surface area contributed by atoms with Gasteiger partial charge in [-0.1, -0.05) is 27.7 Å². The summed E-state index contributed by atoms with van der Waals surface area (Å²) in [5, 5.41) is 0. The van der Waals surface area contributed by atoms with E-state index in [4.69, 9.17) is 0 Å². The summed E-state index contributed by atoms with van der Waals surface area (Å²) in [6.45, 7) is 9.43. The molecule has 1 amide bonds. The lowest BCUT2D eigenvalue weighted by Crippen LogP contribution is -2.42. The molecular formula is C20H32N2O3S. The first kappa shape index (κ1) is 20.9. The highest BCUT2D eigenvalue weighted by Gasteiger charge is 2.31. The minimum absolute atomic E-state index is 0.0668. The number of carbonyl (C=O) groups is 1. The Labute approximate surface area is 158 Å². The van der Waals surface area contributed by atoms with Crippen LogP contribution in [0.2, 0.25) is 0 Å². The van der Waals surface area contributed by atoms with E-state index in [9.17, 15) is 13.2 Å². The van der Waals surface area contributed by atoms with Crippen LogP contribution >= 0.6 is 0 Å². The van der Waals surface area contributed by atoms with Crippen molar-refractivity contribution in [2.45, 2.75) is 57.9 Å². The third kappa shape index (κ3) is 4.46. The highest BCUT2D eigenvalue weighted by atomic mass is 32.2. The molecule has 2 unspecified atom stereocenters. The summed E-state index contributed by atoms with van der Waals surface area (Å²) < 4.78 is 27.4. The molecule has 5 nitrogen and oxygen atoms in total. The second-order valence-electron chi connectivity index (χ2n) is 7.68. The van der Waals surface area contributed by atoms with Crippen LogP contribution in [-0.2, 0) is 10.0 Å². The number of hydrogen-bond donors (Lipinski definition) is 0. The smallest absolute Gasteiger partial charge is 0.253 e. The van der Waals surface area contributed by atoms with Crippen LogP contribution in [0.25, 0.3) is 0 Å². The highest BCUT2D eigenvalue weighted by molar-refractivity contribution is 7.89. The van der Waals surface area contributed by atoms with Gasteiger partial charge in [0.2, 0.25) is 10.0 Å². The first-order chi connectivity index (χ1) is 12.2. The van der Waals surface area contributed by atoms with Gasteiger partial charge in [-0.3, -0.25) is 4.79 Å². The van der Waals surface area contributed by atoms with Gasteiger partial charge in [0.1, 0.15) is 0 Å². The van der Waals surface area contributed by atoms with Crippen molar-refractivity contribution in [2.24, 2.45) is 11.8 Å². The predicted octanol–water partition coefficient (Wildman–Crippen LogP) is 3.61. The van der Waals surface area contributed by atoms with Crippen LogP contribution in [0.1, 0.15) is 57.3 Å². The van der Waals surface area contributed by atoms with Gasteiger partial charge in [-0.2, -0.15) is 4.31 Å². The molecule has 0 spiro atoms. The Morgan fingerprint density at radius 1 is 1.12 bits per heavy atom. The van der Waals surface area contributed by atoms with Crippen molar-refractivity contribution < 1.29 is 13.2 Å². The largest absolute Gasteiger partial charge is 0.339 e. The molecule has 0 radical (unpaired) electrons. The molecule has 6 heteroatoms. The Kier molecular flexibility index (Phi) is 6.86. The fourth-order valence-electron chi connectivity index (χ4n) is 3.93. The van der Waals surface area contributed by atoms with Gasteiger partial charge >= 0.3 is 0 Å². The van der Waals surface area contributed by atoms with Gasteiger partial charge in [-0.15, -0.1) is 0 Å². The number of rotatable bonds is 6. The molecule has 1 heterocycles. The molecule has 146 valence electrons. The Balaban J connectivity index is 2.19. The second kappa shape index (κ2) is 8.53. The van der Waals surface area contributed by atoms with Crippen molar-refractivity contribution in [2.75, 3.05) is 20.1 Å². The molecule has 2 atom stereocenters. The molecule has 0 aliphatic carbocycles. The van der Waals surface area contributed by atoms with Crippen LogP contribution in [-0.4, -0.2) is 49.7 Å². The molecule has 1 aliphatic rings. The van der Waals surface area contributed by atoms with Gasteiger partial charge in [-0.25, -0.2) is 8.42 Å². The van der Waals surface area contributed by atoms with E-state index in [0.717, 1.165) is 19.3 Å². The van der Waals surface area contributed by atoms with Crippen LogP contribution in [0.3, 0.4) is 0 Å². The van der Waals surface area contributed by atoms with E-state index in [0.29, 0.717) is 30.5 Å². The fourth-order valence-corrected chi connectivity index (χ4v) is 5.61. The lowest BCUT2D eigenvalue weighted by molar-refractivity contribution is 0.0723. The third-order valence-corrected chi connectivity index (χ3v) is 7.23. The zero-order valence-corrected chi connectivity index (χ0v) is 17.4. The SMILES string of the molecule is CCC(CC)N(C)C(=O)c1ccc(S(=O)(=O)N2CC(C)CC(C)C2)cc1. The number of amides is 1. The van der Waals surface area contributed by atoms with Crippen LogP contribution in [0.5, 0.6) is 0 Å². The molecule has 1 aromatic carbocycles. The second-order valence-corrected chi connectivity index (χ2v) is 9.62. The van der Waals surface area contributed by atoms with Crippen LogP contribution in [0.4, 0.5) is 0 Å². The Morgan fingerprint density at radius 2 is 1.62 bits per heavy atom. The number of hydrogen-bond acceptors (Lipinski definition) is 3. The normalized spacial score (nSPS) is 21.8. The molecule has 26 heavy (non-hydrogen) atoms. The summed E-state index contributed by atoms with van der Waals surface area (Å²) in [5.74, 6) is 0.661. The minimum atomic E-state index is -3.51. The van der Waals surface area contributed by atoms with Crippen LogP contribution in [0.15, 0.2) is 29.2 Å². The van der Waals surface area contributed by atoms with Crippen molar-refractivity contribution >= 4 is 15.9 Å². The van der Waals surface area contributed by atoms with Crippen molar-refractivity contribution in [1.82, 2.24) is 9.21 Å². The third-order valence-electron chi connectivity index (χ3n) is 5.38. The summed E-state index contributed by atoms with van der Waals surface area (Å²) in [6.07, 6.45) is 2.86. The quantitative estimate of drug-likeness (QED) is 0.757. The molecule has 0 N–H and O–H groups in total. The van der Waals surface area contributed by atoms with Crippen LogP contribution < -0.4 is 0 Å². The van der Waals surface area contributed by atoms with Crippen molar-refractivity contribution in [3.8, 4) is 0 Å². The summed E-state index contributed by atoms with van der Waals surface area (Å²) in [5.41, 5.74) is 0.527. The molecule has 1 aromatic rings. The van der Waals surface area contributed by atoms with E-state index < -0.39 is 10.0 Å². The van der Waals surface area contributed by atoms with Crippen molar-refractivity contribution in [3.63, 3.8) is 0 Å². The number of carbonyl (C=O) groups excluding carboxylic acids is 1. The summed E-state index contributed by atoms with van der Waals surface area (Å²) in [4.78, 5) is 14.6. The zero-order chi connectivity index (χ0) is 19.5. The predicted molar refractivity (Wildman–Crippen MR) is 105 cm³/mol. The maximum atomic E-state index is 12.9. The van der Waals surface area contributed by atoms with E-state index >= 15 is 0 Å².